The maximum atomic E-state index is 14.7. The Labute approximate surface area is 181 Å². The van der Waals surface area contributed by atoms with Crippen molar-refractivity contribution in [3.63, 3.8) is 0 Å². The number of nitrogens with one attached hydrogen (secondary N) is 1. The fourth-order valence-electron chi connectivity index (χ4n) is 3.63. The molecule has 1 aromatic carbocycles. The summed E-state index contributed by atoms with van der Waals surface area (Å²) in [5.41, 5.74) is 0.738. The normalized spacial score (nSPS) is 12.5. The van der Waals surface area contributed by atoms with Crippen LogP contribution in [0.4, 0.5) is 19.0 Å². The van der Waals surface area contributed by atoms with Gasteiger partial charge in [-0.2, -0.15) is 0 Å². The van der Waals surface area contributed by atoms with Gasteiger partial charge in [0.1, 0.15) is 17.5 Å². The Morgan fingerprint density at radius 2 is 1.88 bits per heavy atom. The van der Waals surface area contributed by atoms with Gasteiger partial charge in [-0.05, 0) is 19.9 Å². The molecule has 32 heavy (non-hydrogen) atoms. The number of carbonyl (C=O) groups is 1. The van der Waals surface area contributed by atoms with Crippen LogP contribution in [0, 0.1) is 12.7 Å². The van der Waals surface area contributed by atoms with Crippen LogP contribution in [-0.2, 0) is 0 Å². The number of aryl methyl sites for hydroxylation is 1. The Balaban J connectivity index is 1.87. The van der Waals surface area contributed by atoms with E-state index in [-0.39, 0.29) is 11.5 Å². The van der Waals surface area contributed by atoms with Crippen LogP contribution in [0.15, 0.2) is 36.7 Å². The third-order valence-corrected chi connectivity index (χ3v) is 5.19. The summed E-state index contributed by atoms with van der Waals surface area (Å²) in [5, 5.41) is 3.62. The highest BCUT2D eigenvalue weighted by atomic mass is 19.3. The lowest BCUT2D eigenvalue weighted by Gasteiger charge is -2.19. The van der Waals surface area contributed by atoms with Crippen molar-refractivity contribution in [2.75, 3.05) is 19.4 Å². The molecule has 3 aromatic heterocycles. The summed E-state index contributed by atoms with van der Waals surface area (Å²) in [5.74, 6) is -0.419. The van der Waals surface area contributed by atoms with Gasteiger partial charge in [-0.15, -0.1) is 0 Å². The number of rotatable bonds is 5. The molecule has 4 aromatic rings. The second kappa shape index (κ2) is 8.10. The molecule has 0 fully saturated rings. The number of hydrogen-bond acceptors (Lipinski definition) is 5. The van der Waals surface area contributed by atoms with Crippen LogP contribution in [0.25, 0.3) is 16.7 Å². The maximum Gasteiger partial charge on any atom is 0.266 e. The van der Waals surface area contributed by atoms with Gasteiger partial charge in [0.15, 0.2) is 11.3 Å². The lowest BCUT2D eigenvalue weighted by Crippen LogP contribution is -2.23. The SMILES string of the molecule is Cc1nc(N[C@H](C)c2cccc(C(F)F)c2F)c2cc(C(=O)N(C)C)c3nccn3c2n1. The molecule has 1 atom stereocenters. The number of alkyl halides is 2. The zero-order chi connectivity index (χ0) is 23.2. The molecule has 0 bridgehead atoms. The van der Waals surface area contributed by atoms with E-state index in [4.69, 9.17) is 0 Å². The largest absolute Gasteiger partial charge is 0.363 e. The van der Waals surface area contributed by atoms with Gasteiger partial charge in [0, 0.05) is 32.1 Å². The predicted molar refractivity (Wildman–Crippen MR) is 114 cm³/mol. The molecule has 0 aliphatic carbocycles. The fraction of sp³-hybridized carbons (Fsp3) is 0.273. The van der Waals surface area contributed by atoms with Crippen LogP contribution in [-0.4, -0.2) is 44.3 Å². The minimum atomic E-state index is -2.92. The molecule has 7 nitrogen and oxygen atoms in total. The number of carbonyl (C=O) groups excluding carboxylic acids is 1. The van der Waals surface area contributed by atoms with Crippen LogP contribution in [0.5, 0.6) is 0 Å². The lowest BCUT2D eigenvalue weighted by molar-refractivity contribution is 0.0829. The Bertz CT molecular complexity index is 1330. The Morgan fingerprint density at radius 1 is 1.16 bits per heavy atom. The number of pyridine rings is 1. The minimum Gasteiger partial charge on any atom is -0.363 e. The van der Waals surface area contributed by atoms with E-state index >= 15 is 0 Å². The number of nitrogens with zero attached hydrogens (tertiary/aromatic N) is 5. The smallest absolute Gasteiger partial charge is 0.266 e. The summed E-state index contributed by atoms with van der Waals surface area (Å²) in [4.78, 5) is 27.4. The molecular formula is C22H21F3N6O. The second-order valence-electron chi connectivity index (χ2n) is 7.65. The van der Waals surface area contributed by atoms with Crippen molar-refractivity contribution in [2.45, 2.75) is 26.3 Å². The van der Waals surface area contributed by atoms with Gasteiger partial charge >= 0.3 is 0 Å². The monoisotopic (exact) mass is 442 g/mol. The number of fused-ring (bicyclic) bond motifs is 3. The van der Waals surface area contributed by atoms with Crippen LogP contribution in [0.3, 0.4) is 0 Å². The molecule has 0 aliphatic heterocycles. The second-order valence-corrected chi connectivity index (χ2v) is 7.65. The quantitative estimate of drug-likeness (QED) is 0.491. The Kier molecular flexibility index (Phi) is 5.45. The zero-order valence-electron chi connectivity index (χ0n) is 17.9. The lowest BCUT2D eigenvalue weighted by atomic mass is 10.0. The summed E-state index contributed by atoms with van der Waals surface area (Å²) in [6.45, 7) is 3.35. The van der Waals surface area contributed by atoms with Gasteiger partial charge in [-0.25, -0.2) is 28.1 Å². The van der Waals surface area contributed by atoms with Crippen molar-refractivity contribution in [2.24, 2.45) is 0 Å². The summed E-state index contributed by atoms with van der Waals surface area (Å²) in [6.07, 6.45) is 0.341. The highest BCUT2D eigenvalue weighted by molar-refractivity contribution is 6.04. The average molecular weight is 442 g/mol. The van der Waals surface area contributed by atoms with E-state index in [1.807, 2.05) is 0 Å². The van der Waals surface area contributed by atoms with Crippen LogP contribution >= 0.6 is 0 Å². The van der Waals surface area contributed by atoms with Crippen LogP contribution in [0.1, 0.15) is 46.7 Å². The summed E-state index contributed by atoms with van der Waals surface area (Å²) in [7, 11) is 3.27. The van der Waals surface area contributed by atoms with Crippen molar-refractivity contribution in [3.8, 4) is 0 Å². The van der Waals surface area contributed by atoms with Gasteiger partial charge in [-0.3, -0.25) is 9.20 Å². The average Bonchev–Trinajstić information content (AvgIpc) is 3.23. The topological polar surface area (TPSA) is 75.4 Å². The molecule has 1 amide bonds. The number of aromatic nitrogens is 4. The summed E-state index contributed by atoms with van der Waals surface area (Å²) >= 11 is 0. The van der Waals surface area contributed by atoms with Crippen molar-refractivity contribution in [3.05, 3.63) is 65.0 Å². The van der Waals surface area contributed by atoms with Gasteiger partial charge in [-0.1, -0.05) is 18.2 Å². The fourth-order valence-corrected chi connectivity index (χ4v) is 3.63. The molecule has 0 radical (unpaired) electrons. The summed E-state index contributed by atoms with van der Waals surface area (Å²) in [6, 6.07) is 4.86. The van der Waals surface area contributed by atoms with E-state index in [0.717, 1.165) is 6.07 Å². The Hall–Kier alpha value is -3.69. The van der Waals surface area contributed by atoms with Gasteiger partial charge in [0.05, 0.1) is 22.6 Å². The molecule has 0 aliphatic rings. The number of anilines is 1. The van der Waals surface area contributed by atoms with Crippen molar-refractivity contribution in [1.82, 2.24) is 24.3 Å². The third-order valence-electron chi connectivity index (χ3n) is 5.19. The molecule has 1 N–H and O–H groups in total. The molecule has 0 unspecified atom stereocenters. The molecule has 10 heteroatoms. The molecular weight excluding hydrogens is 421 g/mol. The minimum absolute atomic E-state index is 0.0838. The van der Waals surface area contributed by atoms with E-state index in [2.05, 4.69) is 20.3 Å². The van der Waals surface area contributed by atoms with Gasteiger partial charge in [0.2, 0.25) is 0 Å². The van der Waals surface area contributed by atoms with Crippen LogP contribution in [0.2, 0.25) is 0 Å². The predicted octanol–water partition coefficient (Wildman–Crippen LogP) is 4.54. The molecule has 4 rings (SSSR count). The first-order chi connectivity index (χ1) is 15.2. The van der Waals surface area contributed by atoms with Crippen molar-refractivity contribution in [1.29, 1.82) is 0 Å². The highest BCUT2D eigenvalue weighted by Crippen LogP contribution is 2.31. The number of amides is 1. The number of hydrogen-bond donors (Lipinski definition) is 1. The first kappa shape index (κ1) is 21.5. The third kappa shape index (κ3) is 3.61. The maximum absolute atomic E-state index is 14.7. The van der Waals surface area contributed by atoms with E-state index < -0.39 is 23.8 Å². The standard InChI is InChI=1S/C22H21F3N6O/c1-11(13-6-5-7-14(17(13)23)18(24)25)27-19-15-10-16(22(32)30(3)4)20-26-8-9-31(20)21(15)29-12(2)28-19/h5-11,18H,1-4H3,(H,27,28,29)/t11-/m1/s1. The molecule has 0 saturated carbocycles. The number of imidazole rings is 1. The molecule has 0 spiro atoms. The first-order valence-corrected chi connectivity index (χ1v) is 9.88. The first-order valence-electron chi connectivity index (χ1n) is 9.88. The molecule has 3 heterocycles. The molecule has 166 valence electrons. The van der Waals surface area contributed by atoms with E-state index in [1.165, 1.54) is 17.0 Å². The van der Waals surface area contributed by atoms with Gasteiger partial charge < -0.3 is 10.2 Å². The summed E-state index contributed by atoms with van der Waals surface area (Å²) < 4.78 is 42.6. The highest BCUT2D eigenvalue weighted by Gasteiger charge is 2.22. The number of halogens is 3. The van der Waals surface area contributed by atoms with Crippen molar-refractivity contribution < 1.29 is 18.0 Å². The van der Waals surface area contributed by atoms with E-state index in [1.54, 1.807) is 50.8 Å². The molecule has 0 saturated heterocycles. The van der Waals surface area contributed by atoms with Crippen molar-refractivity contribution >= 4 is 28.4 Å². The van der Waals surface area contributed by atoms with E-state index in [9.17, 15) is 18.0 Å². The van der Waals surface area contributed by atoms with Crippen LogP contribution < -0.4 is 5.32 Å². The zero-order valence-corrected chi connectivity index (χ0v) is 17.9. The van der Waals surface area contributed by atoms with E-state index in [0.29, 0.717) is 33.9 Å². The van der Waals surface area contributed by atoms with Gasteiger partial charge in [0.25, 0.3) is 12.3 Å². The number of benzene rings is 1. The Morgan fingerprint density at radius 3 is 2.56 bits per heavy atom.